The van der Waals surface area contributed by atoms with Crippen LogP contribution in [0.1, 0.15) is 25.2 Å². The molecule has 3 N–H and O–H groups in total. The normalized spacial score (nSPS) is 14.1. The fraction of sp³-hybridized carbons (Fsp3) is 0.625. The van der Waals surface area contributed by atoms with E-state index in [2.05, 4.69) is 15.2 Å². The van der Waals surface area contributed by atoms with Crippen molar-refractivity contribution in [2.45, 2.75) is 19.4 Å². The van der Waals surface area contributed by atoms with E-state index in [9.17, 15) is 0 Å². The van der Waals surface area contributed by atoms with Crippen LogP contribution in [0.3, 0.4) is 0 Å². The number of oxime groups is 1. The van der Waals surface area contributed by atoms with Crippen molar-refractivity contribution in [3.05, 3.63) is 12.2 Å². The van der Waals surface area contributed by atoms with E-state index in [-0.39, 0.29) is 17.7 Å². The van der Waals surface area contributed by atoms with Crippen LogP contribution in [0.2, 0.25) is 0 Å². The predicted molar refractivity (Wildman–Crippen MR) is 53.7 cm³/mol. The smallest absolute Gasteiger partial charge is 0.219 e. The Kier molecular flexibility index (Phi) is 4.04. The molecular weight excluding hydrogens is 198 g/mol. The molecule has 0 saturated heterocycles. The van der Waals surface area contributed by atoms with Crippen LogP contribution in [0.5, 0.6) is 0 Å². The van der Waals surface area contributed by atoms with Crippen LogP contribution in [-0.2, 0) is 4.74 Å². The molecule has 1 aromatic heterocycles. The number of aromatic nitrogens is 3. The number of hydrogen-bond donors (Lipinski definition) is 2. The van der Waals surface area contributed by atoms with Crippen molar-refractivity contribution in [3.8, 4) is 0 Å². The van der Waals surface area contributed by atoms with Gasteiger partial charge in [-0.25, -0.2) is 9.67 Å². The van der Waals surface area contributed by atoms with Crippen molar-refractivity contribution in [2.24, 2.45) is 10.9 Å². The van der Waals surface area contributed by atoms with Crippen LogP contribution < -0.4 is 5.73 Å². The van der Waals surface area contributed by atoms with Gasteiger partial charge in [0.25, 0.3) is 0 Å². The van der Waals surface area contributed by atoms with Gasteiger partial charge in [-0.3, -0.25) is 0 Å². The maximum absolute atomic E-state index is 8.43. The van der Waals surface area contributed by atoms with Gasteiger partial charge in [0, 0.05) is 13.7 Å². The van der Waals surface area contributed by atoms with Gasteiger partial charge in [0.1, 0.15) is 6.33 Å². The molecule has 7 heteroatoms. The van der Waals surface area contributed by atoms with Gasteiger partial charge < -0.3 is 15.7 Å². The Hall–Kier alpha value is -1.63. The molecule has 0 aromatic carbocycles. The van der Waals surface area contributed by atoms with Crippen molar-refractivity contribution >= 4 is 5.84 Å². The van der Waals surface area contributed by atoms with Gasteiger partial charge >= 0.3 is 0 Å². The maximum atomic E-state index is 8.43. The van der Waals surface area contributed by atoms with Crippen molar-refractivity contribution < 1.29 is 9.94 Å². The minimum absolute atomic E-state index is 0.0901. The first-order valence-electron chi connectivity index (χ1n) is 4.57. The lowest BCUT2D eigenvalue weighted by Crippen LogP contribution is -2.16. The largest absolute Gasteiger partial charge is 0.409 e. The molecule has 0 bridgehead atoms. The minimum atomic E-state index is -0.0901. The van der Waals surface area contributed by atoms with Crippen molar-refractivity contribution in [2.75, 3.05) is 13.7 Å². The number of ether oxygens (including phenoxy) is 1. The lowest BCUT2D eigenvalue weighted by atomic mass is 10.2. The minimum Gasteiger partial charge on any atom is -0.409 e. The summed E-state index contributed by atoms with van der Waals surface area (Å²) < 4.78 is 6.62. The van der Waals surface area contributed by atoms with Gasteiger partial charge in [0.15, 0.2) is 0 Å². The van der Waals surface area contributed by atoms with Crippen LogP contribution in [0.4, 0.5) is 0 Å². The summed E-state index contributed by atoms with van der Waals surface area (Å²) >= 11 is 0. The van der Waals surface area contributed by atoms with Crippen LogP contribution in [0.15, 0.2) is 11.5 Å². The number of nitrogens with zero attached hydrogens (tertiary/aromatic N) is 4. The Balaban J connectivity index is 2.67. The molecule has 1 atom stereocenters. The number of rotatable bonds is 5. The van der Waals surface area contributed by atoms with Gasteiger partial charge in [0.05, 0.1) is 6.04 Å². The number of hydrogen-bond acceptors (Lipinski definition) is 5. The fourth-order valence-electron chi connectivity index (χ4n) is 1.07. The molecule has 84 valence electrons. The molecule has 7 nitrogen and oxygen atoms in total. The molecule has 15 heavy (non-hydrogen) atoms. The van der Waals surface area contributed by atoms with E-state index in [1.165, 1.54) is 0 Å². The van der Waals surface area contributed by atoms with E-state index in [0.29, 0.717) is 6.61 Å². The Bertz CT molecular complexity index is 336. The summed E-state index contributed by atoms with van der Waals surface area (Å²) in [5, 5.41) is 15.3. The molecule has 0 amide bonds. The first kappa shape index (κ1) is 11.4. The Morgan fingerprint density at radius 2 is 2.53 bits per heavy atom. The van der Waals surface area contributed by atoms with Gasteiger partial charge in [-0.15, -0.1) is 5.10 Å². The lowest BCUT2D eigenvalue weighted by molar-refractivity contribution is 0.178. The Morgan fingerprint density at radius 1 is 1.80 bits per heavy atom. The van der Waals surface area contributed by atoms with E-state index in [1.54, 1.807) is 18.1 Å². The van der Waals surface area contributed by atoms with E-state index in [0.717, 1.165) is 6.42 Å². The van der Waals surface area contributed by atoms with E-state index in [4.69, 9.17) is 15.7 Å². The molecule has 0 aliphatic rings. The molecule has 0 aliphatic carbocycles. The highest BCUT2D eigenvalue weighted by atomic mass is 16.5. The zero-order valence-corrected chi connectivity index (χ0v) is 8.79. The Morgan fingerprint density at radius 3 is 3.13 bits per heavy atom. The fourth-order valence-corrected chi connectivity index (χ4v) is 1.07. The highest BCUT2D eigenvalue weighted by Crippen LogP contribution is 2.08. The van der Waals surface area contributed by atoms with Gasteiger partial charge in [-0.1, -0.05) is 5.16 Å². The van der Waals surface area contributed by atoms with E-state index in [1.807, 2.05) is 6.92 Å². The summed E-state index contributed by atoms with van der Waals surface area (Å²) in [5.74, 6) is 0.134. The lowest BCUT2D eigenvalue weighted by Gasteiger charge is -2.09. The molecule has 0 fully saturated rings. The predicted octanol–water partition coefficient (Wildman–Crippen LogP) is -0.0299. The highest BCUT2D eigenvalue weighted by Gasteiger charge is 2.10. The third kappa shape index (κ3) is 2.91. The van der Waals surface area contributed by atoms with Gasteiger partial charge in [-0.2, -0.15) is 0 Å². The zero-order valence-electron chi connectivity index (χ0n) is 8.79. The molecular formula is C8H15N5O2. The van der Waals surface area contributed by atoms with Crippen LogP contribution in [0.25, 0.3) is 0 Å². The zero-order chi connectivity index (χ0) is 11.3. The molecule has 1 rings (SSSR count). The summed E-state index contributed by atoms with van der Waals surface area (Å²) in [7, 11) is 1.65. The molecule has 1 unspecified atom stereocenters. The maximum Gasteiger partial charge on any atom is 0.219 e. The third-order valence-corrected chi connectivity index (χ3v) is 2.04. The SMILES string of the molecule is COCCC(C)n1cnc(C(N)=NO)n1. The summed E-state index contributed by atoms with van der Waals surface area (Å²) in [6.45, 7) is 2.64. The number of methoxy groups -OCH3 is 1. The quantitative estimate of drug-likeness (QED) is 0.310. The second-order valence-corrected chi connectivity index (χ2v) is 3.16. The standard InChI is InChI=1S/C8H15N5O2/c1-6(3-4-15-2)13-5-10-8(11-13)7(9)12-14/h5-6,14H,3-4H2,1-2H3,(H2,9,12). The second kappa shape index (κ2) is 5.30. The Labute approximate surface area is 87.5 Å². The van der Waals surface area contributed by atoms with Crippen LogP contribution >= 0.6 is 0 Å². The van der Waals surface area contributed by atoms with Crippen LogP contribution in [-0.4, -0.2) is 39.5 Å². The first-order valence-corrected chi connectivity index (χ1v) is 4.57. The highest BCUT2D eigenvalue weighted by molar-refractivity contribution is 5.93. The molecule has 0 spiro atoms. The van der Waals surface area contributed by atoms with Gasteiger partial charge in [0.2, 0.25) is 11.7 Å². The summed E-state index contributed by atoms with van der Waals surface area (Å²) in [4.78, 5) is 3.91. The number of amidine groups is 1. The average Bonchev–Trinajstić information content (AvgIpc) is 2.74. The van der Waals surface area contributed by atoms with Gasteiger partial charge in [-0.05, 0) is 13.3 Å². The summed E-state index contributed by atoms with van der Waals surface area (Å²) in [5.41, 5.74) is 5.34. The first-order chi connectivity index (χ1) is 7.19. The van der Waals surface area contributed by atoms with E-state index >= 15 is 0 Å². The molecule has 1 aromatic rings. The average molecular weight is 213 g/mol. The van der Waals surface area contributed by atoms with Crippen LogP contribution in [0, 0.1) is 0 Å². The monoisotopic (exact) mass is 213 g/mol. The van der Waals surface area contributed by atoms with Crippen molar-refractivity contribution in [3.63, 3.8) is 0 Å². The molecule has 0 saturated carbocycles. The summed E-state index contributed by atoms with van der Waals surface area (Å²) in [6.07, 6.45) is 2.38. The molecule has 0 radical (unpaired) electrons. The third-order valence-electron chi connectivity index (χ3n) is 2.04. The molecule has 0 aliphatic heterocycles. The molecule has 1 heterocycles. The second-order valence-electron chi connectivity index (χ2n) is 3.16. The van der Waals surface area contributed by atoms with E-state index < -0.39 is 0 Å². The van der Waals surface area contributed by atoms with Crippen molar-refractivity contribution in [1.29, 1.82) is 0 Å². The number of nitrogens with two attached hydrogens (primary N) is 1. The van der Waals surface area contributed by atoms with Crippen molar-refractivity contribution in [1.82, 2.24) is 14.8 Å². The summed E-state index contributed by atoms with van der Waals surface area (Å²) in [6, 6.07) is 0.165. The topological polar surface area (TPSA) is 98.6 Å².